The van der Waals surface area contributed by atoms with Gasteiger partial charge in [0.1, 0.15) is 5.69 Å². The first kappa shape index (κ1) is 17.1. The Hall–Kier alpha value is -0.940. The van der Waals surface area contributed by atoms with E-state index >= 15 is 0 Å². The van der Waals surface area contributed by atoms with Crippen LogP contribution < -0.4 is 5.32 Å². The smallest absolute Gasteiger partial charge is 0.271 e. The molecule has 0 bridgehead atoms. The van der Waals surface area contributed by atoms with E-state index in [1.165, 1.54) is 0 Å². The standard InChI is InChI=1S/C15H24BrN3O/c1-5-11(6-2)13(19(3)4)10-18-15(20)14-12(16)8-7-9-17-14/h7-9,11,13H,5-6,10H2,1-4H3,(H,18,20). The second-order valence-corrected chi connectivity index (χ2v) is 6.01. The molecule has 0 saturated heterocycles. The number of hydrogen-bond acceptors (Lipinski definition) is 3. The Morgan fingerprint density at radius 2 is 2.05 bits per heavy atom. The minimum absolute atomic E-state index is 0.129. The number of carbonyl (C=O) groups excluding carboxylic acids is 1. The molecule has 0 spiro atoms. The molecule has 0 saturated carbocycles. The van der Waals surface area contributed by atoms with Crippen molar-refractivity contribution in [3.8, 4) is 0 Å². The molecule has 1 heterocycles. The third-order valence-corrected chi connectivity index (χ3v) is 4.34. The van der Waals surface area contributed by atoms with Gasteiger partial charge in [0.15, 0.2) is 0 Å². The fourth-order valence-corrected chi connectivity index (χ4v) is 2.87. The van der Waals surface area contributed by atoms with Gasteiger partial charge in [-0.15, -0.1) is 0 Å². The molecule has 112 valence electrons. The molecule has 20 heavy (non-hydrogen) atoms. The minimum Gasteiger partial charge on any atom is -0.349 e. The zero-order valence-corrected chi connectivity index (χ0v) is 14.3. The number of likely N-dealkylation sites (N-methyl/N-ethyl adjacent to an activating group) is 1. The maximum atomic E-state index is 12.2. The molecule has 5 heteroatoms. The van der Waals surface area contributed by atoms with Gasteiger partial charge in [-0.25, -0.2) is 4.98 Å². The van der Waals surface area contributed by atoms with Crippen LogP contribution in [0.1, 0.15) is 37.2 Å². The molecule has 4 nitrogen and oxygen atoms in total. The Bertz CT molecular complexity index is 433. The van der Waals surface area contributed by atoms with Gasteiger partial charge in [0, 0.05) is 23.3 Å². The van der Waals surface area contributed by atoms with Gasteiger partial charge in [0.25, 0.3) is 5.91 Å². The molecule has 1 aromatic heterocycles. The Balaban J connectivity index is 2.68. The van der Waals surface area contributed by atoms with Crippen LogP contribution in [-0.4, -0.2) is 42.5 Å². The number of amides is 1. The molecule has 0 radical (unpaired) electrons. The average molecular weight is 342 g/mol. The van der Waals surface area contributed by atoms with Gasteiger partial charge in [-0.3, -0.25) is 4.79 Å². The summed E-state index contributed by atoms with van der Waals surface area (Å²) >= 11 is 3.36. The van der Waals surface area contributed by atoms with Crippen molar-refractivity contribution in [1.29, 1.82) is 0 Å². The fraction of sp³-hybridized carbons (Fsp3) is 0.600. The molecule has 1 aromatic rings. The predicted molar refractivity (Wildman–Crippen MR) is 85.8 cm³/mol. The van der Waals surface area contributed by atoms with Crippen LogP contribution in [0.15, 0.2) is 22.8 Å². The molecule has 0 aliphatic carbocycles. The van der Waals surface area contributed by atoms with E-state index in [1.807, 2.05) is 6.07 Å². The number of hydrogen-bond donors (Lipinski definition) is 1. The van der Waals surface area contributed by atoms with Crippen LogP contribution in [0.5, 0.6) is 0 Å². The lowest BCUT2D eigenvalue weighted by Crippen LogP contribution is -2.44. The van der Waals surface area contributed by atoms with Crippen LogP contribution in [0.2, 0.25) is 0 Å². The van der Waals surface area contributed by atoms with E-state index in [9.17, 15) is 4.79 Å². The van der Waals surface area contributed by atoms with Gasteiger partial charge in [-0.2, -0.15) is 0 Å². The first-order chi connectivity index (χ1) is 9.51. The lowest BCUT2D eigenvalue weighted by Gasteiger charge is -2.31. The fourth-order valence-electron chi connectivity index (χ4n) is 2.44. The van der Waals surface area contributed by atoms with E-state index in [0.717, 1.165) is 17.3 Å². The second-order valence-electron chi connectivity index (χ2n) is 5.15. The first-order valence-corrected chi connectivity index (χ1v) is 7.85. The van der Waals surface area contributed by atoms with Crippen molar-refractivity contribution in [3.05, 3.63) is 28.5 Å². The summed E-state index contributed by atoms with van der Waals surface area (Å²) in [4.78, 5) is 18.5. The summed E-state index contributed by atoms with van der Waals surface area (Å²) in [5.74, 6) is 0.452. The van der Waals surface area contributed by atoms with Crippen molar-refractivity contribution in [2.24, 2.45) is 5.92 Å². The highest BCUT2D eigenvalue weighted by Crippen LogP contribution is 2.17. The molecule has 1 N–H and O–H groups in total. The lowest BCUT2D eigenvalue weighted by molar-refractivity contribution is 0.0923. The van der Waals surface area contributed by atoms with Crippen molar-refractivity contribution >= 4 is 21.8 Å². The molecular formula is C15H24BrN3O. The average Bonchev–Trinajstić information content (AvgIpc) is 2.43. The van der Waals surface area contributed by atoms with Crippen LogP contribution >= 0.6 is 15.9 Å². The summed E-state index contributed by atoms with van der Waals surface area (Å²) < 4.78 is 0.724. The number of rotatable bonds is 7. The quantitative estimate of drug-likeness (QED) is 0.829. The number of nitrogens with one attached hydrogen (secondary N) is 1. The third kappa shape index (κ3) is 4.56. The van der Waals surface area contributed by atoms with E-state index in [2.05, 4.69) is 59.1 Å². The molecule has 0 aromatic carbocycles. The van der Waals surface area contributed by atoms with E-state index < -0.39 is 0 Å². The maximum absolute atomic E-state index is 12.2. The highest BCUT2D eigenvalue weighted by atomic mass is 79.9. The Kier molecular flexibility index (Phi) is 7.16. The van der Waals surface area contributed by atoms with Crippen LogP contribution in [0, 0.1) is 5.92 Å². The Morgan fingerprint density at radius 3 is 2.55 bits per heavy atom. The van der Waals surface area contributed by atoms with Crippen molar-refractivity contribution in [1.82, 2.24) is 15.2 Å². The van der Waals surface area contributed by atoms with Crippen molar-refractivity contribution in [2.75, 3.05) is 20.6 Å². The number of pyridine rings is 1. The summed E-state index contributed by atoms with van der Waals surface area (Å²) in [7, 11) is 4.12. The first-order valence-electron chi connectivity index (χ1n) is 7.06. The van der Waals surface area contributed by atoms with Gasteiger partial charge in [-0.05, 0) is 48.1 Å². The zero-order valence-electron chi connectivity index (χ0n) is 12.7. The van der Waals surface area contributed by atoms with Gasteiger partial charge in [0.05, 0.1) is 0 Å². The molecule has 0 fully saturated rings. The molecule has 1 amide bonds. The third-order valence-electron chi connectivity index (χ3n) is 3.70. The van der Waals surface area contributed by atoms with Gasteiger partial charge in [-0.1, -0.05) is 26.7 Å². The lowest BCUT2D eigenvalue weighted by atomic mass is 9.93. The van der Waals surface area contributed by atoms with Crippen LogP contribution in [0.25, 0.3) is 0 Å². The summed E-state index contributed by atoms with van der Waals surface area (Å²) in [6.07, 6.45) is 3.86. The van der Waals surface area contributed by atoms with Crippen molar-refractivity contribution in [3.63, 3.8) is 0 Å². The normalized spacial score (nSPS) is 12.8. The van der Waals surface area contributed by atoms with Gasteiger partial charge >= 0.3 is 0 Å². The maximum Gasteiger partial charge on any atom is 0.271 e. The van der Waals surface area contributed by atoms with Crippen LogP contribution in [-0.2, 0) is 0 Å². The number of nitrogens with zero attached hydrogens (tertiary/aromatic N) is 2. The summed E-state index contributed by atoms with van der Waals surface area (Å²) in [5, 5.41) is 3.00. The van der Waals surface area contributed by atoms with Crippen LogP contribution in [0.3, 0.4) is 0 Å². The predicted octanol–water partition coefficient (Wildman–Crippen LogP) is 2.94. The summed E-state index contributed by atoms with van der Waals surface area (Å²) in [5.41, 5.74) is 0.439. The summed E-state index contributed by atoms with van der Waals surface area (Å²) in [6.45, 7) is 5.03. The van der Waals surface area contributed by atoms with Crippen molar-refractivity contribution in [2.45, 2.75) is 32.7 Å². The Morgan fingerprint density at radius 1 is 1.40 bits per heavy atom. The van der Waals surface area contributed by atoms with E-state index in [4.69, 9.17) is 0 Å². The largest absolute Gasteiger partial charge is 0.349 e. The number of carbonyl (C=O) groups is 1. The highest BCUT2D eigenvalue weighted by Gasteiger charge is 2.22. The molecule has 0 aliphatic heterocycles. The van der Waals surface area contributed by atoms with Crippen molar-refractivity contribution < 1.29 is 4.79 Å². The molecule has 0 aliphatic rings. The summed E-state index contributed by atoms with van der Waals surface area (Å²) in [6, 6.07) is 3.97. The monoisotopic (exact) mass is 341 g/mol. The van der Waals surface area contributed by atoms with Gasteiger partial charge in [0.2, 0.25) is 0 Å². The topological polar surface area (TPSA) is 45.2 Å². The minimum atomic E-state index is -0.129. The van der Waals surface area contributed by atoms with E-state index in [1.54, 1.807) is 12.3 Å². The second kappa shape index (κ2) is 8.37. The van der Waals surface area contributed by atoms with E-state index in [0.29, 0.717) is 24.2 Å². The number of aromatic nitrogens is 1. The molecule has 1 rings (SSSR count). The van der Waals surface area contributed by atoms with E-state index in [-0.39, 0.29) is 5.91 Å². The SMILES string of the molecule is CCC(CC)C(CNC(=O)c1ncccc1Br)N(C)C. The zero-order chi connectivity index (χ0) is 15.1. The molecule has 1 atom stereocenters. The molecule has 1 unspecified atom stereocenters. The van der Waals surface area contributed by atoms with Crippen LogP contribution in [0.4, 0.5) is 0 Å². The highest BCUT2D eigenvalue weighted by molar-refractivity contribution is 9.10. The Labute approximate surface area is 130 Å². The van der Waals surface area contributed by atoms with Gasteiger partial charge < -0.3 is 10.2 Å². The number of halogens is 1. The molecular weight excluding hydrogens is 318 g/mol.